The summed E-state index contributed by atoms with van der Waals surface area (Å²) in [6, 6.07) is 10.5. The fourth-order valence-electron chi connectivity index (χ4n) is 2.86. The van der Waals surface area contributed by atoms with Gasteiger partial charge in [0.2, 0.25) is 5.13 Å². The summed E-state index contributed by atoms with van der Waals surface area (Å²) in [6.07, 6.45) is 0. The van der Waals surface area contributed by atoms with Gasteiger partial charge in [-0.2, -0.15) is 20.3 Å². The maximum absolute atomic E-state index is 12.8. The fraction of sp³-hybridized carbons (Fsp3) is 0.105. The number of nitro benzene ring substituents is 2. The van der Waals surface area contributed by atoms with Crippen LogP contribution in [0, 0.1) is 20.2 Å². The molecule has 0 aliphatic carbocycles. The van der Waals surface area contributed by atoms with Crippen LogP contribution in [-0.2, 0) is 4.79 Å². The average Bonchev–Trinajstić information content (AvgIpc) is 3.37. The van der Waals surface area contributed by atoms with Crippen molar-refractivity contribution in [3.8, 4) is 11.3 Å². The Bertz CT molecular complexity index is 1290. The summed E-state index contributed by atoms with van der Waals surface area (Å²) in [5, 5.41) is 37.1. The number of hydrogen-bond acceptors (Lipinski definition) is 10. The van der Waals surface area contributed by atoms with Crippen LogP contribution in [0.25, 0.3) is 11.3 Å². The van der Waals surface area contributed by atoms with Gasteiger partial charge in [-0.05, 0) is 19.1 Å². The van der Waals surface area contributed by atoms with Crippen molar-refractivity contribution in [2.75, 3.05) is 5.01 Å². The molecule has 1 aromatic heterocycles. The zero-order valence-electron chi connectivity index (χ0n) is 16.4. The minimum atomic E-state index is -0.949. The summed E-state index contributed by atoms with van der Waals surface area (Å²) in [5.41, 5.74) is 1.65. The van der Waals surface area contributed by atoms with Gasteiger partial charge in [0.15, 0.2) is 6.04 Å². The minimum Gasteiger partial charge on any atom is -0.269 e. The van der Waals surface area contributed by atoms with E-state index in [1.54, 1.807) is 24.4 Å². The minimum absolute atomic E-state index is 0.0603. The van der Waals surface area contributed by atoms with Crippen LogP contribution in [0.4, 0.5) is 22.2 Å². The smallest absolute Gasteiger partial charge is 0.269 e. The monoisotopic (exact) mass is 451 g/mol. The largest absolute Gasteiger partial charge is 0.282 e. The van der Waals surface area contributed by atoms with Crippen LogP contribution >= 0.6 is 11.3 Å². The highest BCUT2D eigenvalue weighted by atomic mass is 32.1. The lowest BCUT2D eigenvalue weighted by Crippen LogP contribution is -2.29. The molecule has 32 heavy (non-hydrogen) atoms. The summed E-state index contributed by atoms with van der Waals surface area (Å²) >= 11 is 1.16. The molecule has 1 aliphatic heterocycles. The Balaban J connectivity index is 1.52. The number of aromatic nitrogens is 1. The predicted octanol–water partition coefficient (Wildman–Crippen LogP) is 4.50. The van der Waals surface area contributed by atoms with Gasteiger partial charge in [0.1, 0.15) is 0 Å². The molecule has 3 aromatic rings. The number of nitrogens with zero attached hydrogens (tertiary/aromatic N) is 7. The molecule has 0 unspecified atom stereocenters. The molecule has 160 valence electrons. The highest BCUT2D eigenvalue weighted by molar-refractivity contribution is 7.14. The fourth-order valence-corrected chi connectivity index (χ4v) is 3.65. The molecule has 0 spiro atoms. The van der Waals surface area contributed by atoms with Crippen LogP contribution in [0.5, 0.6) is 0 Å². The van der Waals surface area contributed by atoms with E-state index in [4.69, 9.17) is 0 Å². The number of amides is 1. The third-order valence-corrected chi connectivity index (χ3v) is 5.29. The van der Waals surface area contributed by atoms with Crippen molar-refractivity contribution in [3.05, 3.63) is 74.1 Å². The zero-order valence-corrected chi connectivity index (χ0v) is 17.2. The SMILES string of the molecule is CC1=NN(c2nc(-c3cccc([N+](=O)[O-])c3)cs2)C(=O)[C@H]1N=Nc1ccc([N+](=O)[O-])cc1. The first-order valence-corrected chi connectivity index (χ1v) is 9.96. The van der Waals surface area contributed by atoms with Crippen LogP contribution in [0.1, 0.15) is 6.92 Å². The highest BCUT2D eigenvalue weighted by Gasteiger charge is 2.36. The third kappa shape index (κ3) is 4.09. The predicted molar refractivity (Wildman–Crippen MR) is 116 cm³/mol. The van der Waals surface area contributed by atoms with E-state index in [1.807, 2.05) is 0 Å². The second-order valence-electron chi connectivity index (χ2n) is 6.61. The Morgan fingerprint density at radius 3 is 2.47 bits per heavy atom. The van der Waals surface area contributed by atoms with Gasteiger partial charge in [-0.3, -0.25) is 25.0 Å². The molecular weight excluding hydrogens is 438 g/mol. The average molecular weight is 451 g/mol. The first-order chi connectivity index (χ1) is 15.3. The Labute approximate surface area is 183 Å². The van der Waals surface area contributed by atoms with Gasteiger partial charge >= 0.3 is 0 Å². The van der Waals surface area contributed by atoms with E-state index in [0.29, 0.717) is 27.8 Å². The van der Waals surface area contributed by atoms with Crippen LogP contribution in [0.2, 0.25) is 0 Å². The molecule has 0 bridgehead atoms. The van der Waals surface area contributed by atoms with E-state index >= 15 is 0 Å². The zero-order chi connectivity index (χ0) is 22.8. The van der Waals surface area contributed by atoms with Crippen LogP contribution in [0.3, 0.4) is 0 Å². The second-order valence-corrected chi connectivity index (χ2v) is 7.44. The number of nitro groups is 2. The van der Waals surface area contributed by atoms with Crippen LogP contribution in [-0.4, -0.2) is 32.5 Å². The normalized spacial score (nSPS) is 15.9. The van der Waals surface area contributed by atoms with Gasteiger partial charge in [-0.25, -0.2) is 4.98 Å². The molecular formula is C19H13N7O5S. The van der Waals surface area contributed by atoms with Gasteiger partial charge in [0.25, 0.3) is 17.3 Å². The summed E-state index contributed by atoms with van der Waals surface area (Å²) < 4.78 is 0. The summed E-state index contributed by atoms with van der Waals surface area (Å²) in [7, 11) is 0. The topological polar surface area (TPSA) is 157 Å². The molecule has 1 amide bonds. The van der Waals surface area contributed by atoms with Gasteiger partial charge in [-0.1, -0.05) is 12.1 Å². The molecule has 0 fully saturated rings. The third-order valence-electron chi connectivity index (χ3n) is 4.47. The molecule has 0 N–H and O–H groups in total. The Hall–Kier alpha value is -4.39. The van der Waals surface area contributed by atoms with Gasteiger partial charge in [0.05, 0.1) is 26.9 Å². The molecule has 0 saturated heterocycles. The molecule has 4 rings (SSSR count). The number of non-ortho nitro benzene ring substituents is 2. The number of hydrogen-bond donors (Lipinski definition) is 0. The lowest BCUT2D eigenvalue weighted by atomic mass is 10.1. The highest BCUT2D eigenvalue weighted by Crippen LogP contribution is 2.32. The van der Waals surface area contributed by atoms with Crippen molar-refractivity contribution in [2.45, 2.75) is 13.0 Å². The van der Waals surface area contributed by atoms with Crippen molar-refractivity contribution < 1.29 is 14.6 Å². The van der Waals surface area contributed by atoms with Crippen molar-refractivity contribution in [2.24, 2.45) is 15.3 Å². The number of thiazole rings is 1. The summed E-state index contributed by atoms with van der Waals surface area (Å²) in [4.78, 5) is 37.9. The Morgan fingerprint density at radius 2 is 1.78 bits per heavy atom. The van der Waals surface area contributed by atoms with Gasteiger partial charge in [0, 0.05) is 35.2 Å². The Morgan fingerprint density at radius 1 is 1.06 bits per heavy atom. The molecule has 0 radical (unpaired) electrons. The molecule has 1 aliphatic rings. The second kappa shape index (κ2) is 8.39. The number of benzene rings is 2. The van der Waals surface area contributed by atoms with Crippen molar-refractivity contribution in [1.82, 2.24) is 4.98 Å². The van der Waals surface area contributed by atoms with Gasteiger partial charge < -0.3 is 0 Å². The number of anilines is 1. The van der Waals surface area contributed by atoms with E-state index in [9.17, 15) is 25.0 Å². The van der Waals surface area contributed by atoms with E-state index in [2.05, 4.69) is 20.3 Å². The lowest BCUT2D eigenvalue weighted by Gasteiger charge is -2.08. The molecule has 12 nitrogen and oxygen atoms in total. The van der Waals surface area contributed by atoms with Gasteiger partial charge in [-0.15, -0.1) is 11.3 Å². The van der Waals surface area contributed by atoms with E-state index in [0.717, 1.165) is 16.3 Å². The van der Waals surface area contributed by atoms with Crippen LogP contribution in [0.15, 0.2) is 69.2 Å². The first-order valence-electron chi connectivity index (χ1n) is 9.08. The van der Waals surface area contributed by atoms with Crippen molar-refractivity contribution in [1.29, 1.82) is 0 Å². The molecule has 2 aromatic carbocycles. The standard InChI is InChI=1S/C19H13N7O5S/c1-11-17(22-21-13-5-7-14(8-6-13)25(28)29)18(27)24(23-11)19-20-16(10-32-19)12-3-2-4-15(9-12)26(30)31/h2-10,17H,1H3/t17-/m0/s1. The maximum atomic E-state index is 12.8. The van der Waals surface area contributed by atoms with E-state index in [1.165, 1.54) is 36.4 Å². The molecule has 0 saturated carbocycles. The van der Waals surface area contributed by atoms with Crippen molar-refractivity contribution in [3.63, 3.8) is 0 Å². The summed E-state index contributed by atoms with van der Waals surface area (Å²) in [5.74, 6) is -0.451. The molecule has 1 atom stereocenters. The molecule has 2 heterocycles. The van der Waals surface area contributed by atoms with Crippen LogP contribution < -0.4 is 5.01 Å². The number of azo groups is 1. The quantitative estimate of drug-likeness (QED) is 0.305. The van der Waals surface area contributed by atoms with E-state index < -0.39 is 21.8 Å². The first kappa shape index (κ1) is 20.9. The molecule has 13 heteroatoms. The number of carbonyl (C=O) groups excluding carboxylic acids is 1. The summed E-state index contributed by atoms with van der Waals surface area (Å²) in [6.45, 7) is 1.63. The number of rotatable bonds is 6. The van der Waals surface area contributed by atoms with Crippen molar-refractivity contribution >= 4 is 45.1 Å². The number of carbonyl (C=O) groups is 1. The number of hydrazone groups is 1. The Kier molecular flexibility index (Phi) is 5.47. The van der Waals surface area contributed by atoms with E-state index in [-0.39, 0.29) is 11.4 Å². The maximum Gasteiger partial charge on any atom is 0.282 e. The lowest BCUT2D eigenvalue weighted by molar-refractivity contribution is -0.385.